The Morgan fingerprint density at radius 3 is 2.50 bits per heavy atom. The van der Waals surface area contributed by atoms with E-state index in [1.807, 2.05) is 6.92 Å². The lowest BCUT2D eigenvalue weighted by Crippen LogP contribution is -2.19. The Morgan fingerprint density at radius 1 is 1.33 bits per heavy atom. The Kier molecular flexibility index (Phi) is 4.70. The molecular formula is C11H17N3O4. The molecule has 0 aliphatic rings. The van der Waals surface area contributed by atoms with Crippen molar-refractivity contribution in [1.29, 1.82) is 0 Å². The molecule has 0 bridgehead atoms. The Hall–Kier alpha value is -2.05. The average molecular weight is 255 g/mol. The highest BCUT2D eigenvalue weighted by atomic mass is 16.6. The summed E-state index contributed by atoms with van der Waals surface area (Å²) in [6.45, 7) is 3.36. The summed E-state index contributed by atoms with van der Waals surface area (Å²) in [5, 5.41) is 4.09. The number of anilines is 1. The molecule has 100 valence electrons. The number of esters is 2. The molecule has 7 heteroatoms. The number of hydrogen-bond donors (Lipinski definition) is 1. The van der Waals surface area contributed by atoms with Gasteiger partial charge in [0.2, 0.25) is 0 Å². The Balaban J connectivity index is 2.73. The van der Waals surface area contributed by atoms with E-state index in [4.69, 9.17) is 10.5 Å². The first kappa shape index (κ1) is 14.0. The van der Waals surface area contributed by atoms with Crippen molar-refractivity contribution >= 4 is 17.6 Å². The molecule has 0 saturated carbocycles. The molecule has 1 heterocycles. The van der Waals surface area contributed by atoms with Gasteiger partial charge in [0.25, 0.3) is 0 Å². The second-order valence-corrected chi connectivity index (χ2v) is 3.57. The van der Waals surface area contributed by atoms with Crippen LogP contribution in [0.2, 0.25) is 0 Å². The van der Waals surface area contributed by atoms with Gasteiger partial charge in [-0.2, -0.15) is 5.10 Å². The third kappa shape index (κ3) is 2.99. The van der Waals surface area contributed by atoms with Gasteiger partial charge in [-0.15, -0.1) is 0 Å². The molecule has 18 heavy (non-hydrogen) atoms. The zero-order valence-corrected chi connectivity index (χ0v) is 10.7. The van der Waals surface area contributed by atoms with Gasteiger partial charge in [-0.05, 0) is 13.3 Å². The number of carbonyl (C=O) groups excluding carboxylic acids is 2. The Bertz CT molecular complexity index is 453. The number of ether oxygens (including phenoxy) is 2. The molecule has 0 saturated heterocycles. The summed E-state index contributed by atoms with van der Waals surface area (Å²) in [5.41, 5.74) is 6.84. The topological polar surface area (TPSA) is 96.4 Å². The number of carbonyl (C=O) groups is 2. The second kappa shape index (κ2) is 6.04. The summed E-state index contributed by atoms with van der Waals surface area (Å²) in [4.78, 5) is 22.8. The molecule has 0 spiro atoms. The van der Waals surface area contributed by atoms with Crippen molar-refractivity contribution in [3.05, 3.63) is 11.4 Å². The first-order chi connectivity index (χ1) is 8.51. The summed E-state index contributed by atoms with van der Waals surface area (Å²) in [5.74, 6) is -1.28. The van der Waals surface area contributed by atoms with E-state index < -0.39 is 18.5 Å². The maximum absolute atomic E-state index is 11.8. The van der Waals surface area contributed by atoms with Crippen molar-refractivity contribution < 1.29 is 19.1 Å². The van der Waals surface area contributed by atoms with Gasteiger partial charge < -0.3 is 15.2 Å². The molecular weight excluding hydrogens is 238 g/mol. The maximum atomic E-state index is 11.8. The van der Waals surface area contributed by atoms with E-state index in [1.165, 1.54) is 4.68 Å². The molecule has 0 radical (unpaired) electrons. The number of hydrogen-bond acceptors (Lipinski definition) is 6. The smallest absolute Gasteiger partial charge is 0.359 e. The molecule has 0 atom stereocenters. The first-order valence-electron chi connectivity index (χ1n) is 5.65. The number of nitrogens with two attached hydrogens (primary N) is 1. The van der Waals surface area contributed by atoms with Gasteiger partial charge in [0.05, 0.1) is 18.0 Å². The van der Waals surface area contributed by atoms with Gasteiger partial charge in [0, 0.05) is 7.05 Å². The molecule has 2 N–H and O–H groups in total. The molecule has 1 aromatic heterocycles. The van der Waals surface area contributed by atoms with E-state index in [0.717, 1.165) is 0 Å². The normalized spacial score (nSPS) is 10.2. The molecule has 0 unspecified atom stereocenters. The van der Waals surface area contributed by atoms with Crippen molar-refractivity contribution in [2.45, 2.75) is 20.3 Å². The van der Waals surface area contributed by atoms with Crippen LogP contribution in [0.15, 0.2) is 0 Å². The predicted molar refractivity (Wildman–Crippen MR) is 63.9 cm³/mol. The molecule has 0 aliphatic carbocycles. The van der Waals surface area contributed by atoms with Gasteiger partial charge in [-0.1, -0.05) is 6.92 Å². The fraction of sp³-hybridized carbons (Fsp3) is 0.545. The summed E-state index contributed by atoms with van der Waals surface area (Å²) in [6, 6.07) is 0. The van der Waals surface area contributed by atoms with Crippen LogP contribution in [0.5, 0.6) is 0 Å². The Morgan fingerprint density at radius 2 is 2.00 bits per heavy atom. The third-order valence-corrected chi connectivity index (χ3v) is 2.32. The molecule has 7 nitrogen and oxygen atoms in total. The SMILES string of the molecule is CCOC(=O)COC(=O)c1c(N)c(CC)nn1C. The standard InChI is InChI=1S/C11H17N3O4/c1-4-7-9(12)10(14(3)13-7)11(16)18-6-8(15)17-5-2/h4-6,12H2,1-3H3. The number of aryl methyl sites for hydroxylation is 2. The van der Waals surface area contributed by atoms with Crippen molar-refractivity contribution in [1.82, 2.24) is 9.78 Å². The number of rotatable bonds is 5. The molecule has 0 fully saturated rings. The minimum absolute atomic E-state index is 0.149. The van der Waals surface area contributed by atoms with E-state index in [-0.39, 0.29) is 18.0 Å². The van der Waals surface area contributed by atoms with E-state index in [2.05, 4.69) is 9.84 Å². The average Bonchev–Trinajstić information content (AvgIpc) is 2.61. The molecule has 0 amide bonds. The summed E-state index contributed by atoms with van der Waals surface area (Å²) < 4.78 is 10.8. The van der Waals surface area contributed by atoms with Crippen LogP contribution in [0.25, 0.3) is 0 Å². The van der Waals surface area contributed by atoms with Gasteiger partial charge in [-0.3, -0.25) is 4.68 Å². The number of aromatic nitrogens is 2. The van der Waals surface area contributed by atoms with Gasteiger partial charge in [0.1, 0.15) is 0 Å². The van der Waals surface area contributed by atoms with Crippen LogP contribution < -0.4 is 5.73 Å². The van der Waals surface area contributed by atoms with Gasteiger partial charge in [0.15, 0.2) is 12.3 Å². The van der Waals surface area contributed by atoms with E-state index in [0.29, 0.717) is 12.1 Å². The van der Waals surface area contributed by atoms with Gasteiger partial charge >= 0.3 is 11.9 Å². The van der Waals surface area contributed by atoms with E-state index in [1.54, 1.807) is 14.0 Å². The molecule has 1 aromatic rings. The van der Waals surface area contributed by atoms with Gasteiger partial charge in [-0.25, -0.2) is 9.59 Å². The summed E-state index contributed by atoms with van der Waals surface area (Å²) >= 11 is 0. The zero-order chi connectivity index (χ0) is 13.7. The lowest BCUT2D eigenvalue weighted by Gasteiger charge is -2.05. The molecule has 1 rings (SSSR count). The quantitative estimate of drug-likeness (QED) is 0.759. The lowest BCUT2D eigenvalue weighted by atomic mass is 10.2. The largest absolute Gasteiger partial charge is 0.463 e. The van der Waals surface area contributed by atoms with Crippen molar-refractivity contribution in [2.24, 2.45) is 7.05 Å². The van der Waals surface area contributed by atoms with Crippen molar-refractivity contribution in [2.75, 3.05) is 18.9 Å². The fourth-order valence-electron chi connectivity index (χ4n) is 1.49. The van der Waals surface area contributed by atoms with Crippen molar-refractivity contribution in [3.63, 3.8) is 0 Å². The van der Waals surface area contributed by atoms with Crippen molar-refractivity contribution in [3.8, 4) is 0 Å². The predicted octanol–water partition coefficient (Wildman–Crippen LogP) is 0.285. The minimum Gasteiger partial charge on any atom is -0.463 e. The van der Waals surface area contributed by atoms with Crippen LogP contribution in [0, 0.1) is 0 Å². The summed E-state index contributed by atoms with van der Waals surface area (Å²) in [6.07, 6.45) is 0.616. The third-order valence-electron chi connectivity index (χ3n) is 2.32. The highest BCUT2D eigenvalue weighted by molar-refractivity contribution is 5.94. The minimum atomic E-state index is -0.685. The molecule has 0 aromatic carbocycles. The monoisotopic (exact) mass is 255 g/mol. The van der Waals surface area contributed by atoms with Crippen LogP contribution in [-0.2, 0) is 27.7 Å². The summed E-state index contributed by atoms with van der Waals surface area (Å²) in [7, 11) is 1.59. The van der Waals surface area contributed by atoms with Crippen LogP contribution in [0.3, 0.4) is 0 Å². The second-order valence-electron chi connectivity index (χ2n) is 3.57. The number of nitrogen functional groups attached to an aromatic ring is 1. The Labute approximate surface area is 105 Å². The first-order valence-corrected chi connectivity index (χ1v) is 5.65. The van der Waals surface area contributed by atoms with E-state index in [9.17, 15) is 9.59 Å². The number of nitrogens with zero attached hydrogens (tertiary/aromatic N) is 2. The highest BCUT2D eigenvalue weighted by Gasteiger charge is 2.21. The lowest BCUT2D eigenvalue weighted by molar-refractivity contribution is -0.146. The maximum Gasteiger partial charge on any atom is 0.359 e. The van der Waals surface area contributed by atoms with E-state index >= 15 is 0 Å². The zero-order valence-electron chi connectivity index (χ0n) is 10.7. The van der Waals surface area contributed by atoms with Crippen LogP contribution in [0.4, 0.5) is 5.69 Å². The fourth-order valence-corrected chi connectivity index (χ4v) is 1.49. The molecule has 0 aliphatic heterocycles. The van der Waals surface area contributed by atoms with Crippen LogP contribution >= 0.6 is 0 Å². The highest BCUT2D eigenvalue weighted by Crippen LogP contribution is 2.17. The van der Waals surface area contributed by atoms with Crippen LogP contribution in [-0.4, -0.2) is 34.9 Å². The van der Waals surface area contributed by atoms with Crippen LogP contribution in [0.1, 0.15) is 30.0 Å².